The van der Waals surface area contributed by atoms with Crippen LogP contribution in [-0.2, 0) is 4.74 Å². The lowest BCUT2D eigenvalue weighted by molar-refractivity contribution is 0.138. The molecule has 0 aromatic rings. The molecule has 0 radical (unpaired) electrons. The maximum Gasteiger partial charge on any atom is 0.152 e. The van der Waals surface area contributed by atoms with Gasteiger partial charge in [-0.2, -0.15) is 0 Å². The molecule has 1 aliphatic rings. The predicted octanol–water partition coefficient (Wildman–Crippen LogP) is 2.02. The normalized spacial score (nSPS) is 28.8. The summed E-state index contributed by atoms with van der Waals surface area (Å²) in [5.41, 5.74) is 0. The molecule has 1 atom stereocenters. The molecule has 0 aliphatic carbocycles. The predicted molar refractivity (Wildman–Crippen MR) is 37.6 cm³/mol. The summed E-state index contributed by atoms with van der Waals surface area (Å²) in [5, 5.41) is 0. The van der Waals surface area contributed by atoms with E-state index in [0.717, 1.165) is 3.77 Å². The molecule has 0 saturated carbocycles. The number of hydrogen-bond donors (Lipinski definition) is 0. The van der Waals surface area contributed by atoms with Gasteiger partial charge in [-0.1, -0.05) is 0 Å². The van der Waals surface area contributed by atoms with Crippen LogP contribution in [0, 0.1) is 0 Å². The minimum Gasteiger partial charge on any atom is -0.485 e. The highest BCUT2D eigenvalue weighted by Gasteiger charge is 2.10. The van der Waals surface area contributed by atoms with Gasteiger partial charge in [-0.25, -0.2) is 4.39 Å². The topological polar surface area (TPSA) is 9.23 Å². The zero-order valence-electron chi connectivity index (χ0n) is 4.23. The summed E-state index contributed by atoms with van der Waals surface area (Å²) in [5.74, 6) is 0. The fraction of sp³-hybridized carbons (Fsp3) is 0.600. The smallest absolute Gasteiger partial charge is 0.152 e. The molecule has 1 aliphatic heterocycles. The lowest BCUT2D eigenvalue weighted by atomic mass is 10.3. The van der Waals surface area contributed by atoms with Gasteiger partial charge in [-0.15, -0.1) is 0 Å². The number of ether oxygens (including phenoxy) is 1. The van der Waals surface area contributed by atoms with Crippen molar-refractivity contribution in [3.05, 3.63) is 9.84 Å². The van der Waals surface area contributed by atoms with E-state index in [1.807, 2.05) is 22.6 Å². The molecule has 0 amide bonds. The van der Waals surface area contributed by atoms with Crippen molar-refractivity contribution >= 4 is 22.6 Å². The van der Waals surface area contributed by atoms with Gasteiger partial charge < -0.3 is 4.74 Å². The van der Waals surface area contributed by atoms with E-state index < -0.39 is 6.17 Å². The standard InChI is InChI=1S/C5H6FIO/c6-4-1-2-5(7)8-3-4/h2,4H,1,3H2/t4-/m0/s1. The Labute approximate surface area is 61.0 Å². The van der Waals surface area contributed by atoms with E-state index in [1.54, 1.807) is 6.08 Å². The van der Waals surface area contributed by atoms with E-state index in [-0.39, 0.29) is 6.61 Å². The zero-order chi connectivity index (χ0) is 5.98. The monoisotopic (exact) mass is 228 g/mol. The third-order valence-corrected chi connectivity index (χ3v) is 1.69. The Bertz CT molecular complexity index is 113. The van der Waals surface area contributed by atoms with Crippen LogP contribution >= 0.6 is 22.6 Å². The fourth-order valence-corrected chi connectivity index (χ4v) is 0.952. The molecule has 8 heavy (non-hydrogen) atoms. The van der Waals surface area contributed by atoms with Crippen LogP contribution in [0.1, 0.15) is 6.42 Å². The average Bonchev–Trinajstić information content (AvgIpc) is 1.77. The second-order valence-electron chi connectivity index (χ2n) is 1.65. The molecular formula is C5H6FIO. The van der Waals surface area contributed by atoms with Gasteiger partial charge in [-0.05, 0) is 28.7 Å². The first kappa shape index (κ1) is 6.32. The summed E-state index contributed by atoms with van der Waals surface area (Å²) in [4.78, 5) is 0. The van der Waals surface area contributed by atoms with Gasteiger partial charge >= 0.3 is 0 Å². The number of halogens is 2. The zero-order valence-corrected chi connectivity index (χ0v) is 6.39. The SMILES string of the molecule is F[C@H]1CC=C(I)OC1. The third-order valence-electron chi connectivity index (χ3n) is 0.936. The summed E-state index contributed by atoms with van der Waals surface area (Å²) in [6, 6.07) is 0. The van der Waals surface area contributed by atoms with E-state index >= 15 is 0 Å². The minimum absolute atomic E-state index is 0.231. The van der Waals surface area contributed by atoms with Gasteiger partial charge in [0.05, 0.1) is 0 Å². The van der Waals surface area contributed by atoms with Crippen molar-refractivity contribution in [2.24, 2.45) is 0 Å². The van der Waals surface area contributed by atoms with Gasteiger partial charge in [0.2, 0.25) is 0 Å². The van der Waals surface area contributed by atoms with E-state index in [2.05, 4.69) is 0 Å². The Morgan fingerprint density at radius 3 is 3.00 bits per heavy atom. The first-order chi connectivity index (χ1) is 3.79. The fourth-order valence-electron chi connectivity index (χ4n) is 0.518. The minimum atomic E-state index is -0.784. The molecular weight excluding hydrogens is 222 g/mol. The molecule has 3 heteroatoms. The summed E-state index contributed by atoms with van der Waals surface area (Å²) in [6.07, 6.45) is 1.49. The molecule has 0 aromatic heterocycles. The third kappa shape index (κ3) is 1.61. The summed E-state index contributed by atoms with van der Waals surface area (Å²) >= 11 is 2.04. The van der Waals surface area contributed by atoms with E-state index in [1.165, 1.54) is 0 Å². The van der Waals surface area contributed by atoms with Gasteiger partial charge in [-0.3, -0.25) is 0 Å². The van der Waals surface area contributed by atoms with E-state index in [4.69, 9.17) is 4.74 Å². The van der Waals surface area contributed by atoms with Crippen molar-refractivity contribution in [3.63, 3.8) is 0 Å². The van der Waals surface area contributed by atoms with Crippen LogP contribution in [0.4, 0.5) is 4.39 Å². The first-order valence-electron chi connectivity index (χ1n) is 2.41. The second kappa shape index (κ2) is 2.66. The van der Waals surface area contributed by atoms with Crippen molar-refractivity contribution in [2.75, 3.05) is 6.61 Å². The van der Waals surface area contributed by atoms with Crippen molar-refractivity contribution in [2.45, 2.75) is 12.6 Å². The Kier molecular flexibility index (Phi) is 2.10. The number of rotatable bonds is 0. The number of hydrogen-bond acceptors (Lipinski definition) is 1. The van der Waals surface area contributed by atoms with Crippen LogP contribution in [-0.4, -0.2) is 12.8 Å². The Morgan fingerprint density at radius 1 is 1.88 bits per heavy atom. The van der Waals surface area contributed by atoms with Crippen LogP contribution in [0.15, 0.2) is 9.84 Å². The highest BCUT2D eigenvalue weighted by Crippen LogP contribution is 2.17. The second-order valence-corrected chi connectivity index (χ2v) is 2.72. The molecule has 0 unspecified atom stereocenters. The van der Waals surface area contributed by atoms with Gasteiger partial charge in [0.1, 0.15) is 12.8 Å². The van der Waals surface area contributed by atoms with Crippen molar-refractivity contribution < 1.29 is 9.13 Å². The highest BCUT2D eigenvalue weighted by molar-refractivity contribution is 14.1. The Morgan fingerprint density at radius 2 is 2.62 bits per heavy atom. The Balaban J connectivity index is 2.42. The molecule has 0 saturated heterocycles. The lowest BCUT2D eigenvalue weighted by Gasteiger charge is -2.12. The first-order valence-corrected chi connectivity index (χ1v) is 3.49. The molecule has 0 fully saturated rings. The van der Waals surface area contributed by atoms with Gasteiger partial charge in [0.25, 0.3) is 0 Å². The molecule has 0 aromatic carbocycles. The molecule has 1 rings (SSSR count). The summed E-state index contributed by atoms with van der Waals surface area (Å²) < 4.78 is 17.9. The molecule has 0 N–H and O–H groups in total. The maximum atomic E-state index is 12.2. The van der Waals surface area contributed by atoms with Gasteiger partial charge in [0.15, 0.2) is 3.77 Å². The van der Waals surface area contributed by atoms with Crippen molar-refractivity contribution in [1.29, 1.82) is 0 Å². The van der Waals surface area contributed by atoms with Crippen LogP contribution in [0.5, 0.6) is 0 Å². The number of alkyl halides is 1. The molecule has 0 bridgehead atoms. The van der Waals surface area contributed by atoms with Crippen molar-refractivity contribution in [3.8, 4) is 0 Å². The number of allylic oxidation sites excluding steroid dienone is 1. The largest absolute Gasteiger partial charge is 0.485 e. The molecule has 1 heterocycles. The highest BCUT2D eigenvalue weighted by atomic mass is 127. The maximum absolute atomic E-state index is 12.2. The quantitative estimate of drug-likeness (QED) is 0.576. The van der Waals surface area contributed by atoms with Crippen LogP contribution in [0.3, 0.4) is 0 Å². The lowest BCUT2D eigenvalue weighted by Crippen LogP contribution is -2.11. The molecule has 1 nitrogen and oxygen atoms in total. The summed E-state index contributed by atoms with van der Waals surface area (Å²) in [7, 11) is 0. The van der Waals surface area contributed by atoms with Gasteiger partial charge in [0, 0.05) is 6.42 Å². The van der Waals surface area contributed by atoms with Crippen molar-refractivity contribution in [1.82, 2.24) is 0 Å². The average molecular weight is 228 g/mol. The molecule has 0 spiro atoms. The Hall–Kier alpha value is 0.200. The van der Waals surface area contributed by atoms with Crippen LogP contribution in [0.25, 0.3) is 0 Å². The van der Waals surface area contributed by atoms with E-state index in [0.29, 0.717) is 6.42 Å². The van der Waals surface area contributed by atoms with Crippen LogP contribution in [0.2, 0.25) is 0 Å². The van der Waals surface area contributed by atoms with Crippen LogP contribution < -0.4 is 0 Å². The van der Waals surface area contributed by atoms with E-state index in [9.17, 15) is 4.39 Å². The molecule has 46 valence electrons. The summed E-state index contributed by atoms with van der Waals surface area (Å²) in [6.45, 7) is 0.231.